The van der Waals surface area contributed by atoms with Crippen molar-refractivity contribution in [3.63, 3.8) is 0 Å². The van der Waals surface area contributed by atoms with E-state index in [0.717, 1.165) is 24.4 Å². The van der Waals surface area contributed by atoms with E-state index in [0.29, 0.717) is 12.5 Å². The number of hydrogen-bond donors (Lipinski definition) is 2. The second-order valence-corrected chi connectivity index (χ2v) is 6.10. The van der Waals surface area contributed by atoms with E-state index in [2.05, 4.69) is 12.2 Å². The molecule has 2 nitrogen and oxygen atoms in total. The number of nitrogens with one attached hydrogen (secondary N) is 1. The van der Waals surface area contributed by atoms with Crippen molar-refractivity contribution in [2.24, 2.45) is 17.8 Å². The largest absolute Gasteiger partial charge is 0.396 e. The van der Waals surface area contributed by atoms with E-state index in [-0.39, 0.29) is 0 Å². The van der Waals surface area contributed by atoms with Crippen molar-refractivity contribution in [2.75, 3.05) is 13.2 Å². The third-order valence-electron chi connectivity index (χ3n) is 5.13. The van der Waals surface area contributed by atoms with E-state index in [1.54, 1.807) is 0 Å². The quantitative estimate of drug-likeness (QED) is 0.773. The summed E-state index contributed by atoms with van der Waals surface area (Å²) < 4.78 is 0. The molecule has 0 bridgehead atoms. The van der Waals surface area contributed by atoms with Gasteiger partial charge >= 0.3 is 0 Å². The zero-order chi connectivity index (χ0) is 12.1. The molecular weight excluding hydrogens is 210 g/mol. The molecule has 4 unspecified atom stereocenters. The van der Waals surface area contributed by atoms with Gasteiger partial charge in [0.2, 0.25) is 0 Å². The monoisotopic (exact) mass is 239 g/mol. The fourth-order valence-electron chi connectivity index (χ4n) is 3.89. The van der Waals surface area contributed by atoms with Crippen LogP contribution in [0, 0.1) is 17.8 Å². The van der Waals surface area contributed by atoms with Crippen molar-refractivity contribution in [1.82, 2.24) is 5.32 Å². The Morgan fingerprint density at radius 1 is 0.941 bits per heavy atom. The molecule has 2 aliphatic carbocycles. The molecule has 100 valence electrons. The maximum atomic E-state index is 9.42. The highest BCUT2D eigenvalue weighted by Crippen LogP contribution is 2.31. The molecule has 17 heavy (non-hydrogen) atoms. The molecule has 0 spiro atoms. The molecule has 4 atom stereocenters. The van der Waals surface area contributed by atoms with E-state index in [4.69, 9.17) is 0 Å². The molecule has 2 N–H and O–H groups in total. The van der Waals surface area contributed by atoms with Gasteiger partial charge in [0.15, 0.2) is 0 Å². The second kappa shape index (κ2) is 6.75. The molecule has 2 heteroatoms. The fourth-order valence-corrected chi connectivity index (χ4v) is 3.89. The summed E-state index contributed by atoms with van der Waals surface area (Å²) in [7, 11) is 0. The lowest BCUT2D eigenvalue weighted by molar-refractivity contribution is 0.129. The van der Waals surface area contributed by atoms with E-state index >= 15 is 0 Å². The summed E-state index contributed by atoms with van der Waals surface area (Å²) in [6, 6.07) is 0.765. The Morgan fingerprint density at radius 3 is 2.35 bits per heavy atom. The Morgan fingerprint density at radius 2 is 1.65 bits per heavy atom. The van der Waals surface area contributed by atoms with Crippen LogP contribution in [0.2, 0.25) is 0 Å². The summed E-state index contributed by atoms with van der Waals surface area (Å²) in [5.41, 5.74) is 0. The van der Waals surface area contributed by atoms with Crippen molar-refractivity contribution >= 4 is 0 Å². The number of aliphatic hydroxyl groups is 1. The lowest BCUT2D eigenvalue weighted by Crippen LogP contribution is -2.39. The van der Waals surface area contributed by atoms with Gasteiger partial charge in [-0.15, -0.1) is 0 Å². The zero-order valence-corrected chi connectivity index (χ0v) is 11.3. The lowest BCUT2D eigenvalue weighted by Gasteiger charge is -2.32. The van der Waals surface area contributed by atoms with Crippen molar-refractivity contribution in [2.45, 2.75) is 64.3 Å². The summed E-state index contributed by atoms with van der Waals surface area (Å²) in [5, 5.41) is 13.2. The van der Waals surface area contributed by atoms with Gasteiger partial charge in [-0.1, -0.05) is 32.6 Å². The molecule has 0 radical (unpaired) electrons. The average molecular weight is 239 g/mol. The molecular formula is C15H29NO. The van der Waals surface area contributed by atoms with Crippen LogP contribution in [-0.2, 0) is 0 Å². The summed E-state index contributed by atoms with van der Waals surface area (Å²) in [6.07, 6.45) is 10.8. The highest BCUT2D eigenvalue weighted by Gasteiger charge is 2.28. The molecule has 0 amide bonds. The smallest absolute Gasteiger partial charge is 0.0462 e. The van der Waals surface area contributed by atoms with Crippen LogP contribution in [0.15, 0.2) is 0 Å². The zero-order valence-electron chi connectivity index (χ0n) is 11.3. The highest BCUT2D eigenvalue weighted by atomic mass is 16.3. The van der Waals surface area contributed by atoms with E-state index in [1.165, 1.54) is 51.4 Å². The first-order valence-electron chi connectivity index (χ1n) is 7.69. The third kappa shape index (κ3) is 3.45. The minimum absolute atomic E-state index is 0.397. The molecule has 0 heterocycles. The van der Waals surface area contributed by atoms with Crippen LogP contribution in [0.3, 0.4) is 0 Å². The van der Waals surface area contributed by atoms with Gasteiger partial charge in [0.05, 0.1) is 0 Å². The van der Waals surface area contributed by atoms with Gasteiger partial charge in [-0.25, -0.2) is 0 Å². The maximum Gasteiger partial charge on any atom is 0.0462 e. The van der Waals surface area contributed by atoms with Gasteiger partial charge in [-0.05, 0) is 50.0 Å². The molecule has 0 aliphatic heterocycles. The van der Waals surface area contributed by atoms with Crippen molar-refractivity contribution < 1.29 is 5.11 Å². The average Bonchev–Trinajstić information content (AvgIpc) is 2.84. The van der Waals surface area contributed by atoms with E-state index < -0.39 is 0 Å². The molecule has 0 aromatic heterocycles. The molecule has 2 saturated carbocycles. The number of hydrogen-bond acceptors (Lipinski definition) is 2. The van der Waals surface area contributed by atoms with E-state index in [1.807, 2.05) is 0 Å². The predicted octanol–water partition coefficient (Wildman–Crippen LogP) is 2.95. The molecule has 2 aliphatic rings. The highest BCUT2D eigenvalue weighted by molar-refractivity contribution is 4.84. The first kappa shape index (κ1) is 13.4. The van der Waals surface area contributed by atoms with Crippen LogP contribution in [-0.4, -0.2) is 24.3 Å². The Balaban J connectivity index is 1.76. The van der Waals surface area contributed by atoms with Gasteiger partial charge in [0, 0.05) is 12.6 Å². The van der Waals surface area contributed by atoms with Crippen LogP contribution in [0.1, 0.15) is 58.3 Å². The molecule has 0 aromatic carbocycles. The summed E-state index contributed by atoms with van der Waals surface area (Å²) in [5.74, 6) is 2.20. The molecule has 2 rings (SSSR count). The van der Waals surface area contributed by atoms with Crippen LogP contribution in [0.5, 0.6) is 0 Å². The van der Waals surface area contributed by atoms with Crippen molar-refractivity contribution in [3.05, 3.63) is 0 Å². The first-order valence-corrected chi connectivity index (χ1v) is 7.69. The molecule has 0 aromatic rings. The fraction of sp³-hybridized carbons (Fsp3) is 1.00. The Bertz CT molecular complexity index is 219. The summed E-state index contributed by atoms with van der Waals surface area (Å²) >= 11 is 0. The lowest BCUT2D eigenvalue weighted by atomic mass is 9.79. The Kier molecular flexibility index (Phi) is 5.30. The molecule has 0 saturated heterocycles. The van der Waals surface area contributed by atoms with Gasteiger partial charge in [0.25, 0.3) is 0 Å². The standard InChI is InChI=1S/C15H29NO/c1-2-12-8-5-9-15(12)16-10-13-6-3-4-7-14(13)11-17/h12-17H,2-11H2,1H3. The third-order valence-corrected chi connectivity index (χ3v) is 5.13. The van der Waals surface area contributed by atoms with Gasteiger partial charge in [0.1, 0.15) is 0 Å². The van der Waals surface area contributed by atoms with E-state index in [9.17, 15) is 5.11 Å². The second-order valence-electron chi connectivity index (χ2n) is 6.10. The Hall–Kier alpha value is -0.0800. The van der Waals surface area contributed by atoms with Gasteiger partial charge in [-0.2, -0.15) is 0 Å². The minimum atomic E-state index is 0.397. The SMILES string of the molecule is CCC1CCCC1NCC1CCCCC1CO. The maximum absolute atomic E-state index is 9.42. The van der Waals surface area contributed by atoms with Gasteiger partial charge < -0.3 is 10.4 Å². The topological polar surface area (TPSA) is 32.3 Å². The van der Waals surface area contributed by atoms with Crippen molar-refractivity contribution in [1.29, 1.82) is 0 Å². The van der Waals surface area contributed by atoms with Crippen LogP contribution >= 0.6 is 0 Å². The summed E-state index contributed by atoms with van der Waals surface area (Å²) in [4.78, 5) is 0. The predicted molar refractivity (Wildman–Crippen MR) is 72.0 cm³/mol. The van der Waals surface area contributed by atoms with Crippen LogP contribution in [0.25, 0.3) is 0 Å². The Labute approximate surface area is 106 Å². The van der Waals surface area contributed by atoms with Crippen LogP contribution < -0.4 is 5.32 Å². The number of aliphatic hydroxyl groups excluding tert-OH is 1. The minimum Gasteiger partial charge on any atom is -0.396 e. The first-order chi connectivity index (χ1) is 8.35. The van der Waals surface area contributed by atoms with Crippen molar-refractivity contribution in [3.8, 4) is 0 Å². The van der Waals surface area contributed by atoms with Crippen LogP contribution in [0.4, 0.5) is 0 Å². The normalized spacial score (nSPS) is 38.5. The van der Waals surface area contributed by atoms with Gasteiger partial charge in [-0.3, -0.25) is 0 Å². The molecule has 2 fully saturated rings. The number of rotatable bonds is 5. The summed E-state index contributed by atoms with van der Waals surface area (Å²) in [6.45, 7) is 3.86.